The summed E-state index contributed by atoms with van der Waals surface area (Å²) in [5.74, 6) is -1.01. The first-order valence-corrected chi connectivity index (χ1v) is 6.01. The van der Waals surface area contributed by atoms with Gasteiger partial charge in [0.05, 0.1) is 5.57 Å². The van der Waals surface area contributed by atoms with Gasteiger partial charge in [-0.05, 0) is 35.4 Å². The fraction of sp³-hybridized carbons (Fsp3) is 0. The van der Waals surface area contributed by atoms with Gasteiger partial charge in [0.2, 0.25) is 0 Å². The summed E-state index contributed by atoms with van der Waals surface area (Å²) in [5.41, 5.74) is 7.78. The van der Waals surface area contributed by atoms with Crippen molar-refractivity contribution in [2.75, 3.05) is 5.73 Å². The summed E-state index contributed by atoms with van der Waals surface area (Å²) in [6.07, 6.45) is 1.56. The minimum atomic E-state index is -1.01. The molecule has 0 aliphatic heterocycles. The van der Waals surface area contributed by atoms with E-state index in [9.17, 15) is 9.90 Å². The Hall–Kier alpha value is -2.26. The topological polar surface area (TPSA) is 63.3 Å². The van der Waals surface area contributed by atoms with E-state index in [-0.39, 0.29) is 5.57 Å². The number of rotatable bonds is 3. The lowest BCUT2D eigenvalue weighted by molar-refractivity contribution is -0.130. The SMILES string of the molecule is Nc1ccccc1/C=C(/C(=O)O)c1ccc(Cl)cc1. The van der Waals surface area contributed by atoms with E-state index in [1.165, 1.54) is 0 Å². The number of para-hydroxylation sites is 1. The Bertz CT molecular complexity index is 633. The van der Waals surface area contributed by atoms with Crippen LogP contribution in [0.3, 0.4) is 0 Å². The lowest BCUT2D eigenvalue weighted by Gasteiger charge is -2.05. The summed E-state index contributed by atoms with van der Waals surface area (Å²) in [5, 5.41) is 9.87. The molecule has 2 aromatic carbocycles. The maximum absolute atomic E-state index is 11.4. The van der Waals surface area contributed by atoms with Gasteiger partial charge in [-0.2, -0.15) is 0 Å². The summed E-state index contributed by atoms with van der Waals surface area (Å²) in [6.45, 7) is 0. The minimum Gasteiger partial charge on any atom is -0.478 e. The fourth-order valence-corrected chi connectivity index (χ4v) is 1.82. The van der Waals surface area contributed by atoms with Gasteiger partial charge in [0.25, 0.3) is 0 Å². The van der Waals surface area contributed by atoms with E-state index in [0.29, 0.717) is 21.8 Å². The summed E-state index contributed by atoms with van der Waals surface area (Å²) >= 11 is 5.79. The van der Waals surface area contributed by atoms with E-state index >= 15 is 0 Å². The largest absolute Gasteiger partial charge is 0.478 e. The second-order valence-corrected chi connectivity index (χ2v) is 4.44. The first-order chi connectivity index (χ1) is 9.08. The van der Waals surface area contributed by atoms with Crippen molar-refractivity contribution in [2.24, 2.45) is 0 Å². The second-order valence-electron chi connectivity index (χ2n) is 4.00. The van der Waals surface area contributed by atoms with Gasteiger partial charge in [0.15, 0.2) is 0 Å². The van der Waals surface area contributed by atoms with Crippen LogP contribution in [0.2, 0.25) is 5.02 Å². The van der Waals surface area contributed by atoms with Crippen LogP contribution in [-0.2, 0) is 4.79 Å². The molecule has 0 radical (unpaired) electrons. The molecule has 2 aromatic rings. The molecule has 96 valence electrons. The van der Waals surface area contributed by atoms with E-state index in [2.05, 4.69) is 0 Å². The maximum Gasteiger partial charge on any atom is 0.336 e. The number of halogens is 1. The first kappa shape index (κ1) is 13.2. The predicted octanol–water partition coefficient (Wildman–Crippen LogP) is 3.55. The van der Waals surface area contributed by atoms with Crippen molar-refractivity contribution >= 4 is 34.9 Å². The van der Waals surface area contributed by atoms with Gasteiger partial charge in [-0.3, -0.25) is 0 Å². The van der Waals surface area contributed by atoms with Gasteiger partial charge in [0, 0.05) is 10.7 Å². The molecule has 3 nitrogen and oxygen atoms in total. The average molecular weight is 274 g/mol. The summed E-state index contributed by atoms with van der Waals surface area (Å²) < 4.78 is 0. The van der Waals surface area contributed by atoms with Crippen molar-refractivity contribution in [2.45, 2.75) is 0 Å². The van der Waals surface area contributed by atoms with Crippen LogP contribution in [0.4, 0.5) is 5.69 Å². The molecule has 0 aromatic heterocycles. The molecule has 0 saturated heterocycles. The molecule has 19 heavy (non-hydrogen) atoms. The smallest absolute Gasteiger partial charge is 0.336 e. The molecule has 3 N–H and O–H groups in total. The highest BCUT2D eigenvalue weighted by molar-refractivity contribution is 6.30. The zero-order valence-corrected chi connectivity index (χ0v) is 10.8. The van der Waals surface area contributed by atoms with Gasteiger partial charge in [-0.25, -0.2) is 4.79 Å². The molecule has 0 spiro atoms. The number of carboxylic acid groups (broad SMARTS) is 1. The van der Waals surface area contributed by atoms with Gasteiger partial charge < -0.3 is 10.8 Å². The molecule has 2 rings (SSSR count). The Kier molecular flexibility index (Phi) is 3.88. The van der Waals surface area contributed by atoms with Crippen LogP contribution in [0.15, 0.2) is 48.5 Å². The van der Waals surface area contributed by atoms with Crippen LogP contribution in [0.25, 0.3) is 11.6 Å². The molecular formula is C15H12ClNO2. The Morgan fingerprint density at radius 1 is 1.11 bits per heavy atom. The third kappa shape index (κ3) is 3.14. The van der Waals surface area contributed by atoms with Crippen molar-refractivity contribution < 1.29 is 9.90 Å². The number of anilines is 1. The van der Waals surface area contributed by atoms with E-state index in [1.54, 1.807) is 48.5 Å². The van der Waals surface area contributed by atoms with Crippen LogP contribution < -0.4 is 5.73 Å². The molecule has 0 unspecified atom stereocenters. The monoisotopic (exact) mass is 273 g/mol. The van der Waals surface area contributed by atoms with Gasteiger partial charge in [-0.1, -0.05) is 41.9 Å². The average Bonchev–Trinajstić information content (AvgIpc) is 2.39. The number of benzene rings is 2. The molecule has 0 bridgehead atoms. The number of aliphatic carboxylic acids is 1. The highest BCUT2D eigenvalue weighted by Gasteiger charge is 2.11. The summed E-state index contributed by atoms with van der Waals surface area (Å²) in [4.78, 5) is 11.4. The molecular weight excluding hydrogens is 262 g/mol. The van der Waals surface area contributed by atoms with Crippen LogP contribution in [0.1, 0.15) is 11.1 Å². The van der Waals surface area contributed by atoms with Crippen LogP contribution in [-0.4, -0.2) is 11.1 Å². The lowest BCUT2D eigenvalue weighted by Crippen LogP contribution is -2.00. The van der Waals surface area contributed by atoms with E-state index < -0.39 is 5.97 Å². The molecule has 0 heterocycles. The quantitative estimate of drug-likeness (QED) is 0.511. The summed E-state index contributed by atoms with van der Waals surface area (Å²) in [7, 11) is 0. The van der Waals surface area contributed by atoms with Crippen LogP contribution >= 0.6 is 11.6 Å². The van der Waals surface area contributed by atoms with Gasteiger partial charge in [-0.15, -0.1) is 0 Å². The van der Waals surface area contributed by atoms with Gasteiger partial charge >= 0.3 is 5.97 Å². The number of hydrogen-bond acceptors (Lipinski definition) is 2. The highest BCUT2D eigenvalue weighted by atomic mass is 35.5. The molecule has 0 aliphatic carbocycles. The predicted molar refractivity (Wildman–Crippen MR) is 77.8 cm³/mol. The third-order valence-electron chi connectivity index (χ3n) is 2.68. The van der Waals surface area contributed by atoms with Crippen molar-refractivity contribution in [1.29, 1.82) is 0 Å². The van der Waals surface area contributed by atoms with Gasteiger partial charge in [0.1, 0.15) is 0 Å². The van der Waals surface area contributed by atoms with Crippen molar-refractivity contribution in [3.63, 3.8) is 0 Å². The Morgan fingerprint density at radius 2 is 1.74 bits per heavy atom. The minimum absolute atomic E-state index is 0.176. The molecule has 0 amide bonds. The Balaban J connectivity index is 2.50. The lowest BCUT2D eigenvalue weighted by atomic mass is 10.0. The zero-order valence-electron chi connectivity index (χ0n) is 10.0. The standard InChI is InChI=1S/C15H12ClNO2/c16-12-7-5-10(6-8-12)13(15(18)19)9-11-3-1-2-4-14(11)17/h1-9H,17H2,(H,18,19)/b13-9+. The van der Waals surface area contributed by atoms with Crippen molar-refractivity contribution in [3.8, 4) is 0 Å². The number of nitrogen functional groups attached to an aromatic ring is 1. The molecule has 0 fully saturated rings. The number of carboxylic acids is 1. The maximum atomic E-state index is 11.4. The van der Waals surface area contributed by atoms with Crippen molar-refractivity contribution in [3.05, 3.63) is 64.7 Å². The molecule has 0 atom stereocenters. The zero-order chi connectivity index (χ0) is 13.8. The van der Waals surface area contributed by atoms with E-state index in [4.69, 9.17) is 17.3 Å². The van der Waals surface area contributed by atoms with Crippen LogP contribution in [0, 0.1) is 0 Å². The second kappa shape index (κ2) is 5.59. The summed E-state index contributed by atoms with van der Waals surface area (Å²) in [6, 6.07) is 13.8. The highest BCUT2D eigenvalue weighted by Crippen LogP contribution is 2.23. The third-order valence-corrected chi connectivity index (χ3v) is 2.93. The van der Waals surface area contributed by atoms with E-state index in [0.717, 1.165) is 0 Å². The number of nitrogens with two attached hydrogens (primary N) is 1. The molecule has 0 saturated carbocycles. The Labute approximate surface area is 115 Å². The number of carbonyl (C=O) groups is 1. The van der Waals surface area contributed by atoms with E-state index in [1.807, 2.05) is 6.07 Å². The van der Waals surface area contributed by atoms with Crippen LogP contribution in [0.5, 0.6) is 0 Å². The first-order valence-electron chi connectivity index (χ1n) is 5.63. The molecule has 0 aliphatic rings. The number of hydrogen-bond donors (Lipinski definition) is 2. The van der Waals surface area contributed by atoms with Crippen molar-refractivity contribution in [1.82, 2.24) is 0 Å². The fourth-order valence-electron chi connectivity index (χ4n) is 1.70. The normalized spacial score (nSPS) is 11.3. The Morgan fingerprint density at radius 3 is 2.32 bits per heavy atom. The molecule has 4 heteroatoms.